The summed E-state index contributed by atoms with van der Waals surface area (Å²) in [5.74, 6) is 1.84. The molecular weight excluding hydrogens is 360 g/mol. The second-order valence-corrected chi connectivity index (χ2v) is 7.70. The Bertz CT molecular complexity index is 1150. The maximum absolute atomic E-state index is 6.26. The first kappa shape index (κ1) is 17.7. The van der Waals surface area contributed by atoms with Crippen LogP contribution in [0.1, 0.15) is 24.4 Å². The van der Waals surface area contributed by atoms with Gasteiger partial charge >= 0.3 is 0 Å². The summed E-state index contributed by atoms with van der Waals surface area (Å²) in [5.41, 5.74) is 10.4. The highest BCUT2D eigenvalue weighted by atomic mass is 16.5. The molecule has 1 fully saturated rings. The van der Waals surface area contributed by atoms with Gasteiger partial charge in [-0.3, -0.25) is 0 Å². The molecule has 2 aromatic heterocycles. The van der Waals surface area contributed by atoms with Gasteiger partial charge in [0, 0.05) is 17.8 Å². The Kier molecular flexibility index (Phi) is 4.43. The molecule has 2 aromatic carbocycles. The molecule has 5 heteroatoms. The Balaban J connectivity index is 1.50. The number of hydrogen-bond acceptors (Lipinski definition) is 4. The number of nitrogens with zero attached hydrogens (tertiary/aromatic N) is 3. The van der Waals surface area contributed by atoms with Gasteiger partial charge in [-0.15, -0.1) is 0 Å². The summed E-state index contributed by atoms with van der Waals surface area (Å²) in [6, 6.07) is 18.7. The van der Waals surface area contributed by atoms with Crippen LogP contribution in [0.3, 0.4) is 0 Å². The summed E-state index contributed by atoms with van der Waals surface area (Å²) in [6.45, 7) is 4.68. The molecule has 0 saturated heterocycles. The molecule has 1 saturated carbocycles. The first-order valence-corrected chi connectivity index (χ1v) is 9.90. The third-order valence-electron chi connectivity index (χ3n) is 5.64. The van der Waals surface area contributed by atoms with Crippen molar-refractivity contribution in [1.29, 1.82) is 0 Å². The average Bonchev–Trinajstić information content (AvgIpc) is 3.11. The largest absolute Gasteiger partial charge is 0.489 e. The molecule has 29 heavy (non-hydrogen) atoms. The highest BCUT2D eigenvalue weighted by Crippen LogP contribution is 2.42. The van der Waals surface area contributed by atoms with E-state index >= 15 is 0 Å². The number of anilines is 1. The third kappa shape index (κ3) is 3.33. The molecule has 2 N–H and O–H groups in total. The minimum absolute atomic E-state index is 0.417. The number of fused-ring (bicyclic) bond motifs is 1. The molecule has 1 aliphatic carbocycles. The Labute approximate surface area is 170 Å². The van der Waals surface area contributed by atoms with Crippen molar-refractivity contribution in [2.75, 3.05) is 5.73 Å². The van der Waals surface area contributed by atoms with Crippen LogP contribution in [0.5, 0.6) is 5.75 Å². The minimum Gasteiger partial charge on any atom is -0.489 e. The van der Waals surface area contributed by atoms with Crippen molar-refractivity contribution in [3.63, 3.8) is 0 Å². The molecule has 0 amide bonds. The molecule has 0 unspecified atom stereocenters. The molecule has 5 nitrogen and oxygen atoms in total. The molecule has 0 spiro atoms. The lowest BCUT2D eigenvalue weighted by molar-refractivity contribution is 0.245. The fourth-order valence-corrected chi connectivity index (χ4v) is 4.03. The van der Waals surface area contributed by atoms with Crippen molar-refractivity contribution in [2.45, 2.75) is 25.5 Å². The number of benzene rings is 2. The maximum Gasteiger partial charge on any atom is 0.146 e. The summed E-state index contributed by atoms with van der Waals surface area (Å²) < 4.78 is 8.26. The molecule has 0 aliphatic heterocycles. The number of ether oxygens (including phenoxy) is 1. The third-order valence-corrected chi connectivity index (χ3v) is 5.64. The molecule has 2 heterocycles. The monoisotopic (exact) mass is 383 g/mol. The van der Waals surface area contributed by atoms with E-state index < -0.39 is 0 Å². The van der Waals surface area contributed by atoms with Crippen molar-refractivity contribution in [3.05, 3.63) is 79.6 Å². The summed E-state index contributed by atoms with van der Waals surface area (Å²) >= 11 is 0. The molecule has 145 valence electrons. The number of aromatic nitrogens is 3. The highest BCUT2D eigenvalue weighted by Gasteiger charge is 2.29. The number of hydrogen-bond donors (Lipinski definition) is 1. The van der Waals surface area contributed by atoms with E-state index in [9.17, 15) is 0 Å². The van der Waals surface area contributed by atoms with E-state index in [0.717, 1.165) is 46.3 Å². The van der Waals surface area contributed by atoms with Gasteiger partial charge < -0.3 is 15.0 Å². The molecule has 5 rings (SSSR count). The molecule has 4 aromatic rings. The first-order chi connectivity index (χ1) is 14.2. The Morgan fingerprint density at radius 2 is 1.90 bits per heavy atom. The van der Waals surface area contributed by atoms with Gasteiger partial charge in [-0.1, -0.05) is 49.4 Å². The molecule has 1 aliphatic rings. The van der Waals surface area contributed by atoms with E-state index in [-0.39, 0.29) is 0 Å². The van der Waals surface area contributed by atoms with Crippen LogP contribution >= 0.6 is 0 Å². The smallest absolute Gasteiger partial charge is 0.146 e. The van der Waals surface area contributed by atoms with Gasteiger partial charge in [-0.2, -0.15) is 0 Å². The lowest BCUT2D eigenvalue weighted by atomic mass is 9.82. The zero-order chi connectivity index (χ0) is 19.8. The van der Waals surface area contributed by atoms with Crippen molar-refractivity contribution < 1.29 is 4.74 Å². The summed E-state index contributed by atoms with van der Waals surface area (Å²) in [6.07, 6.45) is 5.82. The Hall–Kier alpha value is -3.34. The number of rotatable bonds is 5. The fraction of sp³-hybridized carbons (Fsp3) is 0.208. The normalized spacial score (nSPS) is 18.5. The topological polar surface area (TPSA) is 66.0 Å². The maximum atomic E-state index is 6.26. The van der Waals surface area contributed by atoms with E-state index in [2.05, 4.69) is 51.9 Å². The van der Waals surface area contributed by atoms with Crippen LogP contribution in [0.25, 0.3) is 22.2 Å². The van der Waals surface area contributed by atoms with Crippen LogP contribution in [-0.2, 0) is 6.61 Å². The van der Waals surface area contributed by atoms with E-state index in [4.69, 9.17) is 10.5 Å². The van der Waals surface area contributed by atoms with Crippen LogP contribution in [-0.4, -0.2) is 14.5 Å². The Morgan fingerprint density at radius 1 is 1.07 bits per heavy atom. The quantitative estimate of drug-likeness (QED) is 0.524. The van der Waals surface area contributed by atoms with Crippen molar-refractivity contribution in [1.82, 2.24) is 14.5 Å². The van der Waals surface area contributed by atoms with Crippen LogP contribution < -0.4 is 10.5 Å². The number of nitrogen functional groups attached to an aromatic ring is 1. The van der Waals surface area contributed by atoms with E-state index in [1.165, 1.54) is 6.33 Å². The minimum atomic E-state index is 0.417. The van der Waals surface area contributed by atoms with Crippen LogP contribution in [0.4, 0.5) is 5.82 Å². The summed E-state index contributed by atoms with van der Waals surface area (Å²) in [4.78, 5) is 8.77. The molecular formula is C24H23N4O. The summed E-state index contributed by atoms with van der Waals surface area (Å²) in [5, 5.41) is 0.903. The van der Waals surface area contributed by atoms with Gasteiger partial charge in [0.25, 0.3) is 0 Å². The summed E-state index contributed by atoms with van der Waals surface area (Å²) in [7, 11) is 0. The lowest BCUT2D eigenvalue weighted by Gasteiger charge is -2.34. The first-order valence-electron chi connectivity index (χ1n) is 9.90. The molecule has 1 radical (unpaired) electrons. The van der Waals surface area contributed by atoms with E-state index in [1.54, 1.807) is 0 Å². The standard InChI is InChI=1S/C24H23N4O/c1-16-10-19(11-16)28-13-21(22-23(25)26-15-27-24(22)28)18-8-5-9-20(12-18)29-14-17-6-3-2-4-7-17/h2-9,12-13,15-16,19H,1,10-11,14H2,(H2,25,26,27)/t16-,19+. The zero-order valence-corrected chi connectivity index (χ0v) is 16.2. The van der Waals surface area contributed by atoms with Crippen molar-refractivity contribution >= 4 is 16.9 Å². The van der Waals surface area contributed by atoms with Crippen molar-refractivity contribution in [2.24, 2.45) is 5.92 Å². The van der Waals surface area contributed by atoms with Gasteiger partial charge in [0.1, 0.15) is 30.1 Å². The zero-order valence-electron chi connectivity index (χ0n) is 16.2. The second kappa shape index (κ2) is 7.24. The van der Waals surface area contributed by atoms with Crippen LogP contribution in [0.2, 0.25) is 0 Å². The molecule has 0 atom stereocenters. The average molecular weight is 383 g/mol. The van der Waals surface area contributed by atoms with E-state index in [1.807, 2.05) is 30.3 Å². The highest BCUT2D eigenvalue weighted by molar-refractivity contribution is 6.00. The fourth-order valence-electron chi connectivity index (χ4n) is 4.03. The number of nitrogens with two attached hydrogens (primary N) is 1. The lowest BCUT2D eigenvalue weighted by Crippen LogP contribution is -2.24. The predicted octanol–water partition coefficient (Wildman–Crippen LogP) is 5.04. The van der Waals surface area contributed by atoms with Gasteiger partial charge in [0.05, 0.1) is 5.39 Å². The van der Waals surface area contributed by atoms with Crippen molar-refractivity contribution in [3.8, 4) is 16.9 Å². The van der Waals surface area contributed by atoms with Gasteiger partial charge in [0.2, 0.25) is 0 Å². The van der Waals surface area contributed by atoms with Crippen LogP contribution in [0.15, 0.2) is 67.1 Å². The van der Waals surface area contributed by atoms with Gasteiger partial charge in [0.15, 0.2) is 0 Å². The van der Waals surface area contributed by atoms with Gasteiger partial charge in [-0.25, -0.2) is 9.97 Å². The second-order valence-electron chi connectivity index (χ2n) is 7.70. The van der Waals surface area contributed by atoms with Crippen LogP contribution in [0, 0.1) is 12.8 Å². The molecule has 0 bridgehead atoms. The SMILES string of the molecule is [CH2][C@H]1C[C@@H](n2cc(-c3cccc(OCc4ccccc4)c3)c3c(N)ncnc32)C1. The Morgan fingerprint density at radius 3 is 2.69 bits per heavy atom. The predicted molar refractivity (Wildman–Crippen MR) is 115 cm³/mol. The van der Waals surface area contributed by atoms with Gasteiger partial charge in [-0.05, 0) is 42.0 Å². The van der Waals surface area contributed by atoms with E-state index in [0.29, 0.717) is 24.4 Å².